The zero-order valence-corrected chi connectivity index (χ0v) is 11.2. The SMILES string of the molecule is O=[N+]([O-])c1ccc2snc(-c3ccc(Cl)s3)c2c1. The standard InChI is InChI=1S/C11H5ClN2O2S2/c12-10-4-3-9(17-10)11-7-5-6(14(15)16)1-2-8(7)18-13-11/h1-5H. The molecule has 0 saturated carbocycles. The summed E-state index contributed by atoms with van der Waals surface area (Å²) in [6.45, 7) is 0. The first-order valence-electron chi connectivity index (χ1n) is 4.95. The Morgan fingerprint density at radius 3 is 2.78 bits per heavy atom. The van der Waals surface area contributed by atoms with Gasteiger partial charge in [0.05, 0.1) is 18.8 Å². The van der Waals surface area contributed by atoms with Crippen LogP contribution in [0.2, 0.25) is 4.34 Å². The Morgan fingerprint density at radius 1 is 1.28 bits per heavy atom. The van der Waals surface area contributed by atoms with E-state index in [-0.39, 0.29) is 5.69 Å². The Labute approximate surface area is 115 Å². The van der Waals surface area contributed by atoms with E-state index in [1.54, 1.807) is 18.2 Å². The van der Waals surface area contributed by atoms with E-state index in [4.69, 9.17) is 11.6 Å². The predicted octanol–water partition coefficient (Wildman–Crippen LogP) is 4.59. The number of nitro groups is 1. The van der Waals surface area contributed by atoms with Crippen LogP contribution in [0.25, 0.3) is 20.7 Å². The number of nitro benzene ring substituents is 1. The molecule has 0 fully saturated rings. The van der Waals surface area contributed by atoms with Crippen molar-refractivity contribution >= 4 is 50.2 Å². The van der Waals surface area contributed by atoms with Crippen molar-refractivity contribution in [2.24, 2.45) is 0 Å². The first-order chi connectivity index (χ1) is 8.65. The molecule has 2 aromatic heterocycles. The molecule has 90 valence electrons. The molecule has 4 nitrogen and oxygen atoms in total. The van der Waals surface area contributed by atoms with Gasteiger partial charge in [0.2, 0.25) is 0 Å². The Balaban J connectivity index is 2.23. The van der Waals surface area contributed by atoms with Crippen molar-refractivity contribution in [1.82, 2.24) is 4.37 Å². The molecule has 7 heteroatoms. The molecule has 0 spiro atoms. The second kappa shape index (κ2) is 4.31. The molecular weight excluding hydrogens is 292 g/mol. The van der Waals surface area contributed by atoms with E-state index in [1.807, 2.05) is 6.07 Å². The lowest BCUT2D eigenvalue weighted by Gasteiger charge is -1.94. The number of nitrogens with zero attached hydrogens (tertiary/aromatic N) is 2. The molecule has 3 rings (SSSR count). The van der Waals surface area contributed by atoms with Gasteiger partial charge in [0, 0.05) is 17.5 Å². The topological polar surface area (TPSA) is 56.0 Å². The fourth-order valence-corrected chi connectivity index (χ4v) is 3.53. The van der Waals surface area contributed by atoms with Crippen LogP contribution in [0.3, 0.4) is 0 Å². The summed E-state index contributed by atoms with van der Waals surface area (Å²) in [4.78, 5) is 11.3. The normalized spacial score (nSPS) is 10.9. The second-order valence-corrected chi connectivity index (χ2v) is 6.09. The number of aromatic nitrogens is 1. The lowest BCUT2D eigenvalue weighted by atomic mass is 10.2. The van der Waals surface area contributed by atoms with Crippen LogP contribution in [0.1, 0.15) is 0 Å². The van der Waals surface area contributed by atoms with Crippen LogP contribution in [0.15, 0.2) is 30.3 Å². The summed E-state index contributed by atoms with van der Waals surface area (Å²) >= 11 is 8.64. The number of hydrogen-bond donors (Lipinski definition) is 0. The molecule has 0 unspecified atom stereocenters. The molecule has 0 bridgehead atoms. The van der Waals surface area contributed by atoms with Crippen LogP contribution in [0.5, 0.6) is 0 Å². The summed E-state index contributed by atoms with van der Waals surface area (Å²) in [6.07, 6.45) is 0. The lowest BCUT2D eigenvalue weighted by molar-refractivity contribution is -0.384. The molecule has 0 saturated heterocycles. The molecular formula is C11H5ClN2O2S2. The van der Waals surface area contributed by atoms with Gasteiger partial charge in [-0.15, -0.1) is 11.3 Å². The average Bonchev–Trinajstić information content (AvgIpc) is 2.93. The molecule has 0 aliphatic carbocycles. The Kier molecular flexibility index (Phi) is 2.77. The first-order valence-corrected chi connectivity index (χ1v) is 6.91. The van der Waals surface area contributed by atoms with Crippen LogP contribution < -0.4 is 0 Å². The molecule has 0 atom stereocenters. The van der Waals surface area contributed by atoms with Gasteiger partial charge in [-0.2, -0.15) is 4.37 Å². The molecule has 2 heterocycles. The van der Waals surface area contributed by atoms with Gasteiger partial charge in [-0.3, -0.25) is 10.1 Å². The fourth-order valence-electron chi connectivity index (χ4n) is 1.66. The van der Waals surface area contributed by atoms with Crippen LogP contribution in [0, 0.1) is 10.1 Å². The predicted molar refractivity (Wildman–Crippen MR) is 74.6 cm³/mol. The second-order valence-electron chi connectivity index (χ2n) is 3.57. The van der Waals surface area contributed by atoms with Crippen molar-refractivity contribution in [3.63, 3.8) is 0 Å². The summed E-state index contributed by atoms with van der Waals surface area (Å²) in [7, 11) is 0. The van der Waals surface area contributed by atoms with Crippen LogP contribution in [-0.2, 0) is 0 Å². The van der Waals surface area contributed by atoms with Crippen LogP contribution in [0.4, 0.5) is 5.69 Å². The van der Waals surface area contributed by atoms with Crippen LogP contribution >= 0.6 is 34.5 Å². The smallest absolute Gasteiger partial charge is 0.258 e. The maximum atomic E-state index is 10.8. The summed E-state index contributed by atoms with van der Waals surface area (Å²) < 4.78 is 5.96. The fraction of sp³-hybridized carbons (Fsp3) is 0. The number of fused-ring (bicyclic) bond motifs is 1. The number of benzene rings is 1. The van der Waals surface area contributed by atoms with Gasteiger partial charge in [0.1, 0.15) is 5.69 Å². The third-order valence-electron chi connectivity index (χ3n) is 2.47. The maximum Gasteiger partial charge on any atom is 0.270 e. The largest absolute Gasteiger partial charge is 0.270 e. The third-order valence-corrected chi connectivity index (χ3v) is 4.54. The van der Waals surface area contributed by atoms with E-state index in [1.165, 1.54) is 28.9 Å². The van der Waals surface area contributed by atoms with Gasteiger partial charge in [-0.05, 0) is 29.7 Å². The maximum absolute atomic E-state index is 10.8. The third kappa shape index (κ3) is 1.88. The Bertz CT molecular complexity index is 750. The van der Waals surface area contributed by atoms with E-state index in [0.29, 0.717) is 4.34 Å². The van der Waals surface area contributed by atoms with Crippen molar-refractivity contribution in [3.8, 4) is 10.6 Å². The lowest BCUT2D eigenvalue weighted by Crippen LogP contribution is -1.86. The number of rotatable bonds is 2. The molecule has 0 aliphatic heterocycles. The van der Waals surface area contributed by atoms with Gasteiger partial charge in [0.15, 0.2) is 0 Å². The zero-order valence-electron chi connectivity index (χ0n) is 8.79. The minimum absolute atomic E-state index is 0.0756. The van der Waals surface area contributed by atoms with Gasteiger partial charge in [-0.25, -0.2) is 0 Å². The van der Waals surface area contributed by atoms with E-state index in [2.05, 4.69) is 4.37 Å². The summed E-state index contributed by atoms with van der Waals surface area (Å²) in [5.41, 5.74) is 0.835. The van der Waals surface area contributed by atoms with E-state index < -0.39 is 4.92 Å². The molecule has 3 aromatic rings. The number of thiophene rings is 1. The van der Waals surface area contributed by atoms with E-state index in [0.717, 1.165) is 20.7 Å². The minimum Gasteiger partial charge on any atom is -0.258 e. The molecule has 0 aliphatic rings. The molecule has 0 radical (unpaired) electrons. The van der Waals surface area contributed by atoms with E-state index in [9.17, 15) is 10.1 Å². The Morgan fingerprint density at radius 2 is 2.11 bits per heavy atom. The van der Waals surface area contributed by atoms with Gasteiger partial charge in [-0.1, -0.05) is 11.6 Å². The molecule has 0 N–H and O–H groups in total. The van der Waals surface area contributed by atoms with Gasteiger partial charge in [0.25, 0.3) is 5.69 Å². The summed E-state index contributed by atoms with van der Waals surface area (Å²) in [5, 5.41) is 11.6. The van der Waals surface area contributed by atoms with Crippen LogP contribution in [-0.4, -0.2) is 9.30 Å². The summed E-state index contributed by atoms with van der Waals surface area (Å²) in [6, 6.07) is 8.45. The highest BCUT2D eigenvalue weighted by Crippen LogP contribution is 2.37. The minimum atomic E-state index is -0.401. The van der Waals surface area contributed by atoms with Crippen molar-refractivity contribution in [1.29, 1.82) is 0 Å². The highest BCUT2D eigenvalue weighted by Gasteiger charge is 2.14. The van der Waals surface area contributed by atoms with Crippen molar-refractivity contribution in [2.75, 3.05) is 0 Å². The molecule has 18 heavy (non-hydrogen) atoms. The van der Waals surface area contributed by atoms with Crippen molar-refractivity contribution < 1.29 is 4.92 Å². The van der Waals surface area contributed by atoms with Crippen molar-refractivity contribution in [2.45, 2.75) is 0 Å². The summed E-state index contributed by atoms with van der Waals surface area (Å²) in [5.74, 6) is 0. The monoisotopic (exact) mass is 296 g/mol. The Hall–Kier alpha value is -1.50. The number of hydrogen-bond acceptors (Lipinski definition) is 5. The number of halogens is 1. The first kappa shape index (κ1) is 11.6. The quantitative estimate of drug-likeness (QED) is 0.513. The average molecular weight is 297 g/mol. The van der Waals surface area contributed by atoms with Crippen molar-refractivity contribution in [3.05, 3.63) is 44.8 Å². The van der Waals surface area contributed by atoms with Gasteiger partial charge >= 0.3 is 0 Å². The van der Waals surface area contributed by atoms with Gasteiger partial charge < -0.3 is 0 Å². The van der Waals surface area contributed by atoms with E-state index >= 15 is 0 Å². The highest BCUT2D eigenvalue weighted by atomic mass is 35.5. The zero-order chi connectivity index (χ0) is 12.7. The molecule has 1 aromatic carbocycles. The number of non-ortho nitro benzene ring substituents is 1. The highest BCUT2D eigenvalue weighted by molar-refractivity contribution is 7.20. The molecule has 0 amide bonds.